The Labute approximate surface area is 73.8 Å². The molecule has 1 aromatic rings. The van der Waals surface area contributed by atoms with E-state index in [1.165, 1.54) is 5.56 Å². The SMILES string of the molecule is Cc1ccccc1S.[Zn]. The van der Waals surface area contributed by atoms with Crippen LogP contribution in [0, 0.1) is 6.92 Å². The second-order valence-corrected chi connectivity index (χ2v) is 2.27. The van der Waals surface area contributed by atoms with Crippen LogP contribution in [0.4, 0.5) is 0 Å². The van der Waals surface area contributed by atoms with Crippen LogP contribution in [0.2, 0.25) is 0 Å². The number of hydrogen-bond acceptors (Lipinski definition) is 1. The summed E-state index contributed by atoms with van der Waals surface area (Å²) in [6.45, 7) is 2.04. The minimum absolute atomic E-state index is 0. The van der Waals surface area contributed by atoms with Crippen LogP contribution in [0.1, 0.15) is 5.56 Å². The van der Waals surface area contributed by atoms with Gasteiger partial charge in [0.2, 0.25) is 0 Å². The van der Waals surface area contributed by atoms with Crippen LogP contribution in [0.25, 0.3) is 0 Å². The van der Waals surface area contributed by atoms with Gasteiger partial charge >= 0.3 is 0 Å². The Morgan fingerprint density at radius 2 is 1.78 bits per heavy atom. The molecule has 2 heteroatoms. The van der Waals surface area contributed by atoms with Gasteiger partial charge in [0.1, 0.15) is 0 Å². The van der Waals surface area contributed by atoms with Crippen LogP contribution in [0.3, 0.4) is 0 Å². The molecule has 0 unspecified atom stereocenters. The quantitative estimate of drug-likeness (QED) is 0.470. The van der Waals surface area contributed by atoms with Gasteiger partial charge in [-0.25, -0.2) is 0 Å². The van der Waals surface area contributed by atoms with Gasteiger partial charge in [0.25, 0.3) is 0 Å². The Balaban J connectivity index is 0.000000640. The number of aryl methyl sites for hydroxylation is 1. The summed E-state index contributed by atoms with van der Waals surface area (Å²) in [7, 11) is 0. The first-order chi connectivity index (χ1) is 3.80. The molecule has 0 aliphatic heterocycles. The van der Waals surface area contributed by atoms with Crippen molar-refractivity contribution >= 4 is 12.6 Å². The smallest absolute Gasteiger partial charge is 0.00692 e. The maximum atomic E-state index is 4.20. The molecule has 0 bridgehead atoms. The molecule has 0 aliphatic carbocycles. The molecule has 0 N–H and O–H groups in total. The van der Waals surface area contributed by atoms with Gasteiger partial charge in [0.05, 0.1) is 0 Å². The monoisotopic (exact) mass is 188 g/mol. The summed E-state index contributed by atoms with van der Waals surface area (Å²) in [6.07, 6.45) is 0. The van der Waals surface area contributed by atoms with Crippen molar-refractivity contribution in [3.05, 3.63) is 29.8 Å². The predicted octanol–water partition coefficient (Wildman–Crippen LogP) is 2.28. The molecule has 9 heavy (non-hydrogen) atoms. The van der Waals surface area contributed by atoms with E-state index < -0.39 is 0 Å². The predicted molar refractivity (Wildman–Crippen MR) is 38.4 cm³/mol. The molecule has 0 aliphatic rings. The van der Waals surface area contributed by atoms with Crippen molar-refractivity contribution in [2.75, 3.05) is 0 Å². The summed E-state index contributed by atoms with van der Waals surface area (Å²) in [4.78, 5) is 1.06. The number of benzene rings is 1. The van der Waals surface area contributed by atoms with Gasteiger partial charge in [-0.15, -0.1) is 12.6 Å². The molecule has 0 heterocycles. The van der Waals surface area contributed by atoms with Crippen molar-refractivity contribution in [1.29, 1.82) is 0 Å². The number of hydrogen-bond donors (Lipinski definition) is 1. The topological polar surface area (TPSA) is 0 Å². The number of rotatable bonds is 0. The van der Waals surface area contributed by atoms with Gasteiger partial charge in [-0.3, -0.25) is 0 Å². The molecule has 0 nitrogen and oxygen atoms in total. The third-order valence-corrected chi connectivity index (χ3v) is 1.62. The molecule has 44 valence electrons. The van der Waals surface area contributed by atoms with E-state index in [1.807, 2.05) is 31.2 Å². The van der Waals surface area contributed by atoms with E-state index in [0.29, 0.717) is 0 Å². The van der Waals surface area contributed by atoms with Crippen molar-refractivity contribution in [2.24, 2.45) is 0 Å². The summed E-state index contributed by atoms with van der Waals surface area (Å²) < 4.78 is 0. The van der Waals surface area contributed by atoms with Gasteiger partial charge in [0, 0.05) is 24.4 Å². The van der Waals surface area contributed by atoms with Crippen molar-refractivity contribution < 1.29 is 19.5 Å². The van der Waals surface area contributed by atoms with Gasteiger partial charge in [-0.05, 0) is 18.6 Å². The molecule has 0 amide bonds. The second kappa shape index (κ2) is 4.08. The second-order valence-electron chi connectivity index (χ2n) is 1.79. The standard InChI is InChI=1S/C7H8S.Zn/c1-6-4-2-3-5-7(6)8;/h2-5,8H,1H3;. The third kappa shape index (κ3) is 2.51. The van der Waals surface area contributed by atoms with Gasteiger partial charge in [-0.2, -0.15) is 0 Å². The zero-order valence-electron chi connectivity index (χ0n) is 5.46. The normalized spacial score (nSPS) is 8.22. The molecular formula is C7H8SZn. The van der Waals surface area contributed by atoms with Crippen molar-refractivity contribution in [3.63, 3.8) is 0 Å². The molecule has 0 saturated heterocycles. The van der Waals surface area contributed by atoms with E-state index in [4.69, 9.17) is 0 Å². The third-order valence-electron chi connectivity index (χ3n) is 1.12. The Kier molecular flexibility index (Phi) is 4.17. The van der Waals surface area contributed by atoms with E-state index in [1.54, 1.807) is 0 Å². The molecule has 0 saturated carbocycles. The largest absolute Gasteiger partial charge is 0.143 e. The van der Waals surface area contributed by atoms with Gasteiger partial charge < -0.3 is 0 Å². The summed E-state index contributed by atoms with van der Waals surface area (Å²) in [5, 5.41) is 0. The van der Waals surface area contributed by atoms with E-state index in [-0.39, 0.29) is 19.5 Å². The van der Waals surface area contributed by atoms with Crippen LogP contribution in [0.5, 0.6) is 0 Å². The minimum atomic E-state index is 0. The van der Waals surface area contributed by atoms with Crippen LogP contribution in [-0.4, -0.2) is 0 Å². The fraction of sp³-hybridized carbons (Fsp3) is 0.143. The van der Waals surface area contributed by atoms with E-state index >= 15 is 0 Å². The van der Waals surface area contributed by atoms with Crippen molar-refractivity contribution in [1.82, 2.24) is 0 Å². The Morgan fingerprint density at radius 1 is 1.22 bits per heavy atom. The maximum Gasteiger partial charge on any atom is 0.00692 e. The van der Waals surface area contributed by atoms with E-state index in [0.717, 1.165) is 4.90 Å². The Hall–Kier alpha value is 0.193. The van der Waals surface area contributed by atoms with Gasteiger partial charge in [-0.1, -0.05) is 18.2 Å². The number of thiol groups is 1. The zero-order valence-corrected chi connectivity index (χ0v) is 9.33. The fourth-order valence-corrected chi connectivity index (χ4v) is 0.724. The summed E-state index contributed by atoms with van der Waals surface area (Å²) in [5.74, 6) is 0. The minimum Gasteiger partial charge on any atom is -0.143 e. The zero-order chi connectivity index (χ0) is 5.98. The molecular weight excluding hydrogens is 182 g/mol. The van der Waals surface area contributed by atoms with E-state index in [9.17, 15) is 0 Å². The van der Waals surface area contributed by atoms with Crippen LogP contribution in [0.15, 0.2) is 29.2 Å². The maximum absolute atomic E-state index is 4.20. The summed E-state index contributed by atoms with van der Waals surface area (Å²) in [6, 6.07) is 8.02. The van der Waals surface area contributed by atoms with Crippen LogP contribution in [-0.2, 0) is 19.5 Å². The Morgan fingerprint density at radius 3 is 2.11 bits per heavy atom. The molecule has 1 aromatic carbocycles. The fourth-order valence-electron chi connectivity index (χ4n) is 0.563. The molecule has 0 spiro atoms. The van der Waals surface area contributed by atoms with Gasteiger partial charge in [0.15, 0.2) is 0 Å². The first-order valence-electron chi connectivity index (χ1n) is 2.55. The average Bonchev–Trinajstić information content (AvgIpc) is 1.77. The first-order valence-corrected chi connectivity index (χ1v) is 3.00. The van der Waals surface area contributed by atoms with Crippen LogP contribution >= 0.6 is 12.6 Å². The average molecular weight is 190 g/mol. The molecule has 1 rings (SSSR count). The summed E-state index contributed by atoms with van der Waals surface area (Å²) in [5.41, 5.74) is 1.23. The molecule has 0 aromatic heterocycles. The molecule has 0 radical (unpaired) electrons. The van der Waals surface area contributed by atoms with Crippen molar-refractivity contribution in [3.8, 4) is 0 Å². The molecule has 0 fully saturated rings. The van der Waals surface area contributed by atoms with E-state index in [2.05, 4.69) is 12.6 Å². The summed E-state index contributed by atoms with van der Waals surface area (Å²) >= 11 is 4.20. The van der Waals surface area contributed by atoms with Crippen LogP contribution < -0.4 is 0 Å². The molecule has 0 atom stereocenters. The first kappa shape index (κ1) is 9.19. The Bertz CT molecular complexity index is 165. The van der Waals surface area contributed by atoms with Crippen molar-refractivity contribution in [2.45, 2.75) is 11.8 Å².